The molecule has 1 aliphatic heterocycles. The largest absolute Gasteiger partial charge is 0.424 e. The van der Waals surface area contributed by atoms with Crippen LogP contribution in [-0.4, -0.2) is 63.7 Å². The fourth-order valence-corrected chi connectivity index (χ4v) is 5.50. The minimum atomic E-state index is -0.0343. The molecule has 2 fully saturated rings. The molecule has 174 valence electrons. The van der Waals surface area contributed by atoms with Crippen LogP contribution in [-0.2, 0) is 9.47 Å². The molecule has 2 aromatic heterocycles. The van der Waals surface area contributed by atoms with Crippen molar-refractivity contribution in [3.05, 3.63) is 54.4 Å². The van der Waals surface area contributed by atoms with E-state index in [1.165, 1.54) is 12.8 Å². The normalized spacial score (nSPS) is 20.9. The maximum Gasteiger partial charge on any atom is 0.221 e. The zero-order chi connectivity index (χ0) is 23.1. The van der Waals surface area contributed by atoms with Crippen molar-refractivity contribution in [2.75, 3.05) is 19.7 Å². The van der Waals surface area contributed by atoms with Crippen LogP contribution in [0.5, 0.6) is 0 Å². The third-order valence-electron chi connectivity index (χ3n) is 7.13. The number of aromatic amines is 2. The van der Waals surface area contributed by atoms with Crippen LogP contribution in [0.1, 0.15) is 31.2 Å². The Kier molecular flexibility index (Phi) is 5.39. The molecule has 8 nitrogen and oxygen atoms in total. The van der Waals surface area contributed by atoms with Gasteiger partial charge in [-0.2, -0.15) is 5.10 Å². The van der Waals surface area contributed by atoms with Crippen molar-refractivity contribution in [2.45, 2.75) is 37.8 Å². The quantitative estimate of drug-likeness (QED) is 0.264. The lowest BCUT2D eigenvalue weighted by molar-refractivity contribution is -0.0835. The van der Waals surface area contributed by atoms with Crippen LogP contribution in [0.3, 0.4) is 0 Å². The number of hydrogen-bond acceptors (Lipinski definition) is 6. The van der Waals surface area contributed by atoms with E-state index in [9.17, 15) is 0 Å². The molecule has 1 aliphatic carbocycles. The van der Waals surface area contributed by atoms with Gasteiger partial charge >= 0.3 is 0 Å². The maximum absolute atomic E-state index is 8.72. The van der Waals surface area contributed by atoms with E-state index >= 15 is 0 Å². The summed E-state index contributed by atoms with van der Waals surface area (Å²) in [6.45, 7) is 1.88. The Bertz CT molecular complexity index is 1370. The number of nitrogens with zero attached hydrogens (tertiary/aromatic N) is 2. The van der Waals surface area contributed by atoms with E-state index < -0.39 is 0 Å². The summed E-state index contributed by atoms with van der Waals surface area (Å²) in [5, 5.41) is 26.4. The Morgan fingerprint density at radius 1 is 1.12 bits per heavy atom. The van der Waals surface area contributed by atoms with Crippen LogP contribution in [0, 0.1) is 10.8 Å². The first kappa shape index (κ1) is 21.1. The predicted octanol–water partition coefficient (Wildman–Crippen LogP) is 4.67. The van der Waals surface area contributed by atoms with E-state index in [1.54, 1.807) is 6.20 Å². The molecule has 1 saturated heterocycles. The molecule has 8 heteroatoms. The van der Waals surface area contributed by atoms with E-state index in [4.69, 9.17) is 20.3 Å². The fraction of sp³-hybridized carbons (Fsp3) is 0.346. The molecule has 4 aromatic rings. The number of benzene rings is 2. The van der Waals surface area contributed by atoms with Gasteiger partial charge in [-0.3, -0.25) is 20.8 Å². The lowest BCUT2D eigenvalue weighted by Gasteiger charge is -2.43. The van der Waals surface area contributed by atoms with Gasteiger partial charge in [0.15, 0.2) is 0 Å². The number of H-pyrrole nitrogens is 2. The molecule has 0 bridgehead atoms. The highest BCUT2D eigenvalue weighted by Gasteiger charge is 2.34. The van der Waals surface area contributed by atoms with Gasteiger partial charge in [0.05, 0.1) is 31.0 Å². The van der Waals surface area contributed by atoms with Gasteiger partial charge in [0.2, 0.25) is 11.8 Å². The van der Waals surface area contributed by atoms with Gasteiger partial charge in [-0.25, -0.2) is 0 Å². The van der Waals surface area contributed by atoms with Crippen LogP contribution >= 0.6 is 0 Å². The Morgan fingerprint density at radius 2 is 2.03 bits per heavy atom. The van der Waals surface area contributed by atoms with E-state index in [-0.39, 0.29) is 17.9 Å². The second-order valence-corrected chi connectivity index (χ2v) is 9.19. The van der Waals surface area contributed by atoms with Crippen molar-refractivity contribution in [3.8, 4) is 11.1 Å². The third kappa shape index (κ3) is 3.78. The number of ether oxygens (including phenoxy) is 2. The topological polar surface area (TPSA) is 114 Å². The molecule has 1 saturated carbocycles. The summed E-state index contributed by atoms with van der Waals surface area (Å²) in [6.07, 6.45) is 8.49. The summed E-state index contributed by atoms with van der Waals surface area (Å²) < 4.78 is 11.8. The Hall–Kier alpha value is -3.49. The molecule has 0 amide bonds. The van der Waals surface area contributed by atoms with Gasteiger partial charge in [-0.05, 0) is 48.2 Å². The van der Waals surface area contributed by atoms with Crippen molar-refractivity contribution < 1.29 is 9.47 Å². The highest BCUT2D eigenvalue weighted by molar-refractivity contribution is 6.10. The average Bonchev–Trinajstić information content (AvgIpc) is 3.53. The van der Waals surface area contributed by atoms with Crippen LogP contribution < -0.4 is 0 Å². The minimum Gasteiger partial charge on any atom is -0.424 e. The summed E-state index contributed by atoms with van der Waals surface area (Å²) in [7, 11) is 0. The van der Waals surface area contributed by atoms with Crippen molar-refractivity contribution >= 4 is 33.6 Å². The van der Waals surface area contributed by atoms with E-state index in [0.29, 0.717) is 24.8 Å². The Morgan fingerprint density at radius 3 is 2.97 bits per heavy atom. The van der Waals surface area contributed by atoms with Gasteiger partial charge in [-0.1, -0.05) is 25.0 Å². The first-order valence-corrected chi connectivity index (χ1v) is 11.9. The highest BCUT2D eigenvalue weighted by atomic mass is 16.5. The molecule has 3 heterocycles. The second-order valence-electron chi connectivity index (χ2n) is 9.19. The molecule has 0 radical (unpaired) electrons. The van der Waals surface area contributed by atoms with Crippen LogP contribution in [0.2, 0.25) is 0 Å². The molecule has 2 atom stereocenters. The zero-order valence-electron chi connectivity index (χ0n) is 18.9. The lowest BCUT2D eigenvalue weighted by Crippen LogP contribution is -2.54. The minimum absolute atomic E-state index is 0.0343. The zero-order valence-corrected chi connectivity index (χ0v) is 18.9. The average molecular weight is 457 g/mol. The first-order chi connectivity index (χ1) is 16.7. The summed E-state index contributed by atoms with van der Waals surface area (Å²) in [5.74, 6) is 0.0546. The number of rotatable bonds is 4. The van der Waals surface area contributed by atoms with Crippen molar-refractivity contribution in [1.29, 1.82) is 10.8 Å². The number of fused-ring (bicyclic) bond motifs is 3. The number of nitrogens with one attached hydrogen (secondary N) is 4. The monoisotopic (exact) mass is 456 g/mol. The first-order valence-electron chi connectivity index (χ1n) is 11.9. The SMILES string of the molecule is N=C(CN1CCOC2CCCCC21)OC(=N)c1cc(-c2cccc3[nH]ccc23)cc2[nH]ncc12. The van der Waals surface area contributed by atoms with Crippen molar-refractivity contribution in [3.63, 3.8) is 0 Å². The van der Waals surface area contributed by atoms with Crippen LogP contribution in [0.25, 0.3) is 32.9 Å². The lowest BCUT2D eigenvalue weighted by atomic mass is 9.90. The molecular weight excluding hydrogens is 428 g/mol. The molecule has 2 unspecified atom stereocenters. The molecule has 2 aliphatic rings. The summed E-state index contributed by atoms with van der Waals surface area (Å²) in [5.41, 5.74) is 4.55. The van der Waals surface area contributed by atoms with Crippen molar-refractivity contribution in [1.82, 2.24) is 20.1 Å². The van der Waals surface area contributed by atoms with Gasteiger partial charge in [0.1, 0.15) is 0 Å². The standard InChI is InChI=1S/C26H28N6O2/c27-25(15-32-10-11-33-24-7-2-1-6-23(24)32)34-26(28)19-12-16(13-22-20(19)14-30-31-22)17-4-3-5-21-18(17)8-9-29-21/h3-5,8-9,12-14,23-24,27-29H,1-2,6-7,10-11,15H2,(H,30,31). The van der Waals surface area contributed by atoms with Gasteiger partial charge < -0.3 is 14.5 Å². The Balaban J connectivity index is 1.26. The highest BCUT2D eigenvalue weighted by Crippen LogP contribution is 2.32. The number of morpholine rings is 1. The fourth-order valence-electron chi connectivity index (χ4n) is 5.50. The van der Waals surface area contributed by atoms with E-state index in [1.807, 2.05) is 30.5 Å². The van der Waals surface area contributed by atoms with Gasteiger partial charge in [0, 0.05) is 40.6 Å². The molecular formula is C26H28N6O2. The van der Waals surface area contributed by atoms with Gasteiger partial charge in [0.25, 0.3) is 0 Å². The molecule has 34 heavy (non-hydrogen) atoms. The molecule has 2 aromatic carbocycles. The number of aromatic nitrogens is 3. The summed E-state index contributed by atoms with van der Waals surface area (Å²) in [4.78, 5) is 5.55. The summed E-state index contributed by atoms with van der Waals surface area (Å²) in [6, 6.07) is 12.5. The van der Waals surface area contributed by atoms with Crippen LogP contribution in [0.4, 0.5) is 0 Å². The number of hydrogen-bond donors (Lipinski definition) is 4. The second kappa shape index (κ2) is 8.70. The molecule has 4 N–H and O–H groups in total. The van der Waals surface area contributed by atoms with E-state index in [2.05, 4.69) is 32.2 Å². The van der Waals surface area contributed by atoms with E-state index in [0.717, 1.165) is 52.3 Å². The molecule has 0 spiro atoms. The van der Waals surface area contributed by atoms with Crippen LogP contribution in [0.15, 0.2) is 48.8 Å². The summed E-state index contributed by atoms with van der Waals surface area (Å²) >= 11 is 0. The Labute approximate surface area is 197 Å². The smallest absolute Gasteiger partial charge is 0.221 e. The molecule has 6 rings (SSSR count). The maximum atomic E-state index is 8.72. The predicted molar refractivity (Wildman–Crippen MR) is 133 cm³/mol. The third-order valence-corrected chi connectivity index (χ3v) is 7.13. The van der Waals surface area contributed by atoms with Gasteiger partial charge in [-0.15, -0.1) is 0 Å². The van der Waals surface area contributed by atoms with Crippen molar-refractivity contribution in [2.24, 2.45) is 0 Å².